The van der Waals surface area contributed by atoms with E-state index in [1.54, 1.807) is 30.3 Å². The summed E-state index contributed by atoms with van der Waals surface area (Å²) in [7, 11) is 6.91. The van der Waals surface area contributed by atoms with E-state index in [0.29, 0.717) is 35.6 Å². The number of ketones is 1. The summed E-state index contributed by atoms with van der Waals surface area (Å²) < 4.78 is 11.0. The van der Waals surface area contributed by atoms with E-state index in [1.165, 1.54) is 31.5 Å². The van der Waals surface area contributed by atoms with Crippen molar-refractivity contribution in [3.8, 4) is 11.5 Å². The van der Waals surface area contributed by atoms with E-state index in [0.717, 1.165) is 6.54 Å². The lowest BCUT2D eigenvalue weighted by molar-refractivity contribution is -0.140. The van der Waals surface area contributed by atoms with Crippen molar-refractivity contribution in [1.29, 1.82) is 0 Å². The Morgan fingerprint density at radius 1 is 1.13 bits per heavy atom. The van der Waals surface area contributed by atoms with Gasteiger partial charge in [0.2, 0.25) is 0 Å². The van der Waals surface area contributed by atoms with Crippen LogP contribution in [0.2, 0.25) is 0 Å². The van der Waals surface area contributed by atoms with E-state index in [4.69, 9.17) is 9.47 Å². The number of amides is 1. The molecule has 8 heteroatoms. The highest BCUT2D eigenvalue weighted by atomic mass is 16.5. The van der Waals surface area contributed by atoms with Crippen molar-refractivity contribution in [1.82, 2.24) is 14.8 Å². The van der Waals surface area contributed by atoms with Crippen molar-refractivity contribution in [3.63, 3.8) is 0 Å². The molecule has 1 aromatic heterocycles. The van der Waals surface area contributed by atoms with E-state index in [2.05, 4.69) is 4.98 Å². The lowest BCUT2D eigenvalue weighted by atomic mass is 9.94. The molecule has 8 nitrogen and oxygen atoms in total. The number of hydrogen-bond acceptors (Lipinski definition) is 7. The number of carbonyl (C=O) groups excluding carboxylic acids is 2. The highest BCUT2D eigenvalue weighted by Crippen LogP contribution is 2.45. The number of aliphatic hydroxyl groups excluding tert-OH is 1. The Bertz CT molecular complexity index is 988. The van der Waals surface area contributed by atoms with Crippen molar-refractivity contribution in [2.24, 2.45) is 0 Å². The standard InChI is InChI=1S/C23H27N3O5/c1-25(2)13-6-14-26-19(16-7-5-8-17(30-3)22(16)31-4)18(21(28)23(26)29)20(27)15-9-11-24-12-10-15/h5,7-12,19,27H,6,13-14H2,1-4H3/b20-18+/t19-/m1/s1. The van der Waals surface area contributed by atoms with Crippen molar-refractivity contribution < 1.29 is 24.2 Å². The number of rotatable bonds is 8. The molecule has 1 N–H and O–H groups in total. The van der Waals surface area contributed by atoms with Crippen LogP contribution < -0.4 is 9.47 Å². The first kappa shape index (κ1) is 22.3. The second-order valence-electron chi connectivity index (χ2n) is 7.47. The molecule has 1 aliphatic rings. The third-order valence-electron chi connectivity index (χ3n) is 5.23. The lowest BCUT2D eigenvalue weighted by Gasteiger charge is -2.27. The summed E-state index contributed by atoms with van der Waals surface area (Å²) in [5, 5.41) is 11.0. The number of methoxy groups -OCH3 is 2. The van der Waals surface area contributed by atoms with Gasteiger partial charge in [0.25, 0.3) is 11.7 Å². The zero-order chi connectivity index (χ0) is 22.5. The van der Waals surface area contributed by atoms with Gasteiger partial charge in [0.05, 0.1) is 25.8 Å². The molecule has 0 aliphatic carbocycles. The molecule has 0 bridgehead atoms. The van der Waals surface area contributed by atoms with Crippen LogP contribution in [0.25, 0.3) is 5.76 Å². The number of aliphatic hydroxyl groups is 1. The second kappa shape index (κ2) is 9.61. The fraction of sp³-hybridized carbons (Fsp3) is 0.348. The zero-order valence-corrected chi connectivity index (χ0v) is 18.2. The summed E-state index contributed by atoms with van der Waals surface area (Å²) in [6.45, 7) is 1.09. The largest absolute Gasteiger partial charge is 0.507 e. The van der Waals surface area contributed by atoms with Crippen LogP contribution in [0.3, 0.4) is 0 Å². The van der Waals surface area contributed by atoms with Gasteiger partial charge in [0.1, 0.15) is 5.76 Å². The SMILES string of the molecule is COc1cccc([C@@H]2/C(=C(\O)c3ccncc3)C(=O)C(=O)N2CCCN(C)C)c1OC. The van der Waals surface area contributed by atoms with Crippen molar-refractivity contribution in [2.45, 2.75) is 12.5 Å². The Hall–Kier alpha value is -3.39. The van der Waals surface area contributed by atoms with Gasteiger partial charge in [-0.3, -0.25) is 14.6 Å². The predicted octanol–water partition coefficient (Wildman–Crippen LogP) is 2.47. The van der Waals surface area contributed by atoms with Gasteiger partial charge < -0.3 is 24.4 Å². The molecule has 1 amide bonds. The quantitative estimate of drug-likeness (QED) is 0.395. The fourth-order valence-electron chi connectivity index (χ4n) is 3.78. The van der Waals surface area contributed by atoms with Crippen LogP contribution in [0.15, 0.2) is 48.3 Å². The molecule has 1 atom stereocenters. The molecule has 0 saturated carbocycles. The third kappa shape index (κ3) is 4.39. The molecule has 0 unspecified atom stereocenters. The molecule has 0 spiro atoms. The molecular weight excluding hydrogens is 398 g/mol. The topological polar surface area (TPSA) is 92.2 Å². The maximum atomic E-state index is 13.1. The molecule has 1 saturated heterocycles. The van der Waals surface area contributed by atoms with Crippen molar-refractivity contribution in [3.05, 3.63) is 59.4 Å². The van der Waals surface area contributed by atoms with Crippen LogP contribution in [-0.2, 0) is 9.59 Å². The van der Waals surface area contributed by atoms with Crippen molar-refractivity contribution >= 4 is 17.4 Å². The molecule has 2 heterocycles. The Kier molecular flexibility index (Phi) is 6.91. The first-order valence-electron chi connectivity index (χ1n) is 9.95. The Morgan fingerprint density at radius 3 is 2.45 bits per heavy atom. The molecule has 1 fully saturated rings. The fourth-order valence-corrected chi connectivity index (χ4v) is 3.78. The number of ether oxygens (including phenoxy) is 2. The first-order valence-corrected chi connectivity index (χ1v) is 9.95. The highest BCUT2D eigenvalue weighted by molar-refractivity contribution is 6.46. The summed E-state index contributed by atoms with van der Waals surface area (Å²) in [4.78, 5) is 33.5. The number of Topliss-reactive ketones (excluding diaryl/α,β-unsaturated/α-hetero) is 1. The van der Waals surface area contributed by atoms with E-state index >= 15 is 0 Å². The number of benzene rings is 1. The minimum atomic E-state index is -0.805. The van der Waals surface area contributed by atoms with Gasteiger partial charge in [-0.25, -0.2) is 0 Å². The number of likely N-dealkylation sites (tertiary alicyclic amines) is 1. The Labute approximate surface area is 181 Å². The predicted molar refractivity (Wildman–Crippen MR) is 116 cm³/mol. The number of para-hydroxylation sites is 1. The van der Waals surface area contributed by atoms with Gasteiger partial charge in [0.15, 0.2) is 11.5 Å². The normalized spacial score (nSPS) is 18.0. The molecule has 1 aliphatic heterocycles. The number of aromatic nitrogens is 1. The van der Waals surface area contributed by atoms with Gasteiger partial charge in [0, 0.05) is 30.1 Å². The van der Waals surface area contributed by atoms with E-state index < -0.39 is 17.7 Å². The molecule has 3 rings (SSSR count). The van der Waals surface area contributed by atoms with Gasteiger partial charge in [-0.2, -0.15) is 0 Å². The van der Waals surface area contributed by atoms with Crippen LogP contribution in [0.5, 0.6) is 11.5 Å². The van der Waals surface area contributed by atoms with Crippen LogP contribution >= 0.6 is 0 Å². The number of hydrogen-bond donors (Lipinski definition) is 1. The van der Waals surface area contributed by atoms with Gasteiger partial charge in [-0.15, -0.1) is 0 Å². The summed E-state index contributed by atoms with van der Waals surface area (Å²) in [6.07, 6.45) is 3.70. The summed E-state index contributed by atoms with van der Waals surface area (Å²) in [5.41, 5.74) is 1.00. The molecule has 164 valence electrons. The maximum absolute atomic E-state index is 13.1. The van der Waals surface area contributed by atoms with Crippen LogP contribution in [0.1, 0.15) is 23.6 Å². The molecule has 0 radical (unpaired) electrons. The molecule has 2 aromatic rings. The molecular formula is C23H27N3O5. The van der Waals surface area contributed by atoms with Crippen LogP contribution in [0, 0.1) is 0 Å². The smallest absolute Gasteiger partial charge is 0.295 e. The third-order valence-corrected chi connectivity index (χ3v) is 5.23. The van der Waals surface area contributed by atoms with Crippen molar-refractivity contribution in [2.75, 3.05) is 41.4 Å². The zero-order valence-electron chi connectivity index (χ0n) is 18.2. The van der Waals surface area contributed by atoms with Crippen LogP contribution in [-0.4, -0.2) is 73.0 Å². The Morgan fingerprint density at radius 2 is 1.84 bits per heavy atom. The Balaban J connectivity index is 2.18. The second-order valence-corrected chi connectivity index (χ2v) is 7.47. The average Bonchev–Trinajstić information content (AvgIpc) is 3.03. The number of carbonyl (C=O) groups is 2. The minimum absolute atomic E-state index is 0.0209. The van der Waals surface area contributed by atoms with E-state index in [-0.39, 0.29) is 11.3 Å². The molecule has 1 aromatic carbocycles. The monoisotopic (exact) mass is 425 g/mol. The summed E-state index contributed by atoms with van der Waals surface area (Å²) in [6, 6.07) is 7.66. The van der Waals surface area contributed by atoms with Gasteiger partial charge in [-0.05, 0) is 45.3 Å². The number of pyridine rings is 1. The highest BCUT2D eigenvalue weighted by Gasteiger charge is 2.47. The van der Waals surface area contributed by atoms with Gasteiger partial charge >= 0.3 is 0 Å². The van der Waals surface area contributed by atoms with E-state index in [9.17, 15) is 14.7 Å². The maximum Gasteiger partial charge on any atom is 0.295 e. The van der Waals surface area contributed by atoms with E-state index in [1.807, 2.05) is 19.0 Å². The lowest BCUT2D eigenvalue weighted by Crippen LogP contribution is -2.32. The minimum Gasteiger partial charge on any atom is -0.507 e. The summed E-state index contributed by atoms with van der Waals surface area (Å²) in [5.74, 6) is -0.734. The number of nitrogens with zero attached hydrogens (tertiary/aromatic N) is 3. The van der Waals surface area contributed by atoms with Crippen LogP contribution in [0.4, 0.5) is 0 Å². The first-order chi connectivity index (χ1) is 14.9. The van der Waals surface area contributed by atoms with Gasteiger partial charge in [-0.1, -0.05) is 12.1 Å². The average molecular weight is 425 g/mol. The molecule has 31 heavy (non-hydrogen) atoms. The summed E-state index contributed by atoms with van der Waals surface area (Å²) >= 11 is 0.